The second kappa shape index (κ2) is 11.1. The Hall–Kier alpha value is -1.54. The van der Waals surface area contributed by atoms with E-state index in [9.17, 15) is 4.79 Å². The molecule has 1 amide bonds. The van der Waals surface area contributed by atoms with E-state index in [0.29, 0.717) is 34.7 Å². The molecule has 0 bridgehead atoms. The fourth-order valence-corrected chi connectivity index (χ4v) is 5.10. The van der Waals surface area contributed by atoms with Gasteiger partial charge in [-0.2, -0.15) is 0 Å². The average molecular weight is 483 g/mol. The Labute approximate surface area is 199 Å². The lowest BCUT2D eigenvalue weighted by Crippen LogP contribution is -2.47. The molecule has 2 fully saturated rings. The minimum atomic E-state index is 0.110. The lowest BCUT2D eigenvalue weighted by molar-refractivity contribution is -0.122. The molecule has 1 N–H and O–H groups in total. The van der Waals surface area contributed by atoms with Gasteiger partial charge in [0.05, 0.1) is 22.0 Å². The van der Waals surface area contributed by atoms with Gasteiger partial charge in [0.25, 0.3) is 0 Å². The number of halogens is 2. The average Bonchev–Trinajstić information content (AvgIpc) is 3.20. The zero-order valence-corrected chi connectivity index (χ0v) is 20.1. The highest BCUT2D eigenvalue weighted by Gasteiger charge is 2.25. The summed E-state index contributed by atoms with van der Waals surface area (Å²) in [6, 6.07) is 3.90. The van der Waals surface area contributed by atoms with Gasteiger partial charge in [0.2, 0.25) is 5.91 Å². The van der Waals surface area contributed by atoms with Crippen molar-refractivity contribution in [3.63, 3.8) is 0 Å². The zero-order valence-electron chi connectivity index (χ0n) is 18.6. The molecule has 1 aliphatic carbocycles. The summed E-state index contributed by atoms with van der Waals surface area (Å²) in [5.74, 6) is 1.72. The highest BCUT2D eigenvalue weighted by Crippen LogP contribution is 2.34. The van der Waals surface area contributed by atoms with Crippen molar-refractivity contribution in [1.82, 2.24) is 15.4 Å². The van der Waals surface area contributed by atoms with E-state index in [-0.39, 0.29) is 5.91 Å². The number of piperazine rings is 1. The molecule has 2 aliphatic rings. The minimum Gasteiger partial charge on any atom is -0.384 e. The van der Waals surface area contributed by atoms with Crippen molar-refractivity contribution in [3.05, 3.63) is 22.2 Å². The highest BCUT2D eigenvalue weighted by atomic mass is 35.5. The number of amides is 1. The summed E-state index contributed by atoms with van der Waals surface area (Å²) < 4.78 is 10.4. The lowest BCUT2D eigenvalue weighted by Gasteiger charge is -2.36. The van der Waals surface area contributed by atoms with E-state index >= 15 is 0 Å². The van der Waals surface area contributed by atoms with Gasteiger partial charge in [0.1, 0.15) is 0 Å². The fraction of sp³-hybridized carbons (Fsp3) is 0.652. The molecule has 1 aromatic heterocycles. The van der Waals surface area contributed by atoms with Crippen molar-refractivity contribution in [2.45, 2.75) is 44.6 Å². The van der Waals surface area contributed by atoms with Crippen molar-refractivity contribution in [3.8, 4) is 0 Å². The van der Waals surface area contributed by atoms with Gasteiger partial charge in [-0.3, -0.25) is 9.69 Å². The Morgan fingerprint density at radius 2 is 1.88 bits per heavy atom. The number of fused-ring (bicyclic) bond motifs is 1. The van der Waals surface area contributed by atoms with Gasteiger partial charge >= 0.3 is 0 Å². The molecule has 1 saturated carbocycles. The fourth-order valence-electron chi connectivity index (χ4n) is 4.79. The number of ether oxygens (including phenoxy) is 1. The molecule has 0 spiro atoms. The van der Waals surface area contributed by atoms with Gasteiger partial charge < -0.3 is 19.5 Å². The molecule has 2 aromatic rings. The number of carbonyl (C=O) groups is 1. The normalized spacial score (nSPS) is 22.4. The summed E-state index contributed by atoms with van der Waals surface area (Å²) in [5, 5.41) is 9.34. The van der Waals surface area contributed by atoms with Crippen LogP contribution in [0.4, 0.5) is 5.82 Å². The summed E-state index contributed by atoms with van der Waals surface area (Å²) >= 11 is 12.3. The van der Waals surface area contributed by atoms with E-state index < -0.39 is 0 Å². The first-order valence-electron chi connectivity index (χ1n) is 11.5. The number of rotatable bonds is 8. The largest absolute Gasteiger partial charge is 0.384 e. The number of nitrogens with one attached hydrogen (secondary N) is 1. The Morgan fingerprint density at radius 1 is 1.16 bits per heavy atom. The molecule has 0 radical (unpaired) electrons. The van der Waals surface area contributed by atoms with Crippen molar-refractivity contribution < 1.29 is 14.1 Å². The van der Waals surface area contributed by atoms with E-state index in [4.69, 9.17) is 32.5 Å². The Bertz CT molecular complexity index is 906. The molecule has 9 heteroatoms. The summed E-state index contributed by atoms with van der Waals surface area (Å²) in [5.41, 5.74) is 0.669. The van der Waals surface area contributed by atoms with Crippen LogP contribution < -0.4 is 10.2 Å². The maximum atomic E-state index is 11.9. The van der Waals surface area contributed by atoms with E-state index in [1.54, 1.807) is 13.2 Å². The highest BCUT2D eigenvalue weighted by molar-refractivity contribution is 6.42. The maximum Gasteiger partial charge on any atom is 0.222 e. The monoisotopic (exact) mass is 482 g/mol. The predicted octanol–water partition coefficient (Wildman–Crippen LogP) is 4.36. The molecule has 32 heavy (non-hydrogen) atoms. The van der Waals surface area contributed by atoms with E-state index in [2.05, 4.69) is 20.3 Å². The van der Waals surface area contributed by atoms with Crippen LogP contribution in [0.2, 0.25) is 10.0 Å². The van der Waals surface area contributed by atoms with Crippen LogP contribution in [0.1, 0.15) is 38.5 Å². The number of carbonyl (C=O) groups excluding carboxylic acids is 1. The van der Waals surface area contributed by atoms with E-state index in [1.807, 2.05) is 6.07 Å². The van der Waals surface area contributed by atoms with Gasteiger partial charge in [-0.05, 0) is 50.6 Å². The first kappa shape index (κ1) is 23.6. The van der Waals surface area contributed by atoms with Crippen LogP contribution in [-0.2, 0) is 9.53 Å². The van der Waals surface area contributed by atoms with Crippen LogP contribution in [0.25, 0.3) is 11.0 Å². The number of hydrogen-bond donors (Lipinski definition) is 1. The zero-order chi connectivity index (χ0) is 22.5. The minimum absolute atomic E-state index is 0.110. The van der Waals surface area contributed by atoms with E-state index in [1.165, 1.54) is 19.3 Å². The van der Waals surface area contributed by atoms with Gasteiger partial charge in [-0.25, -0.2) is 0 Å². The molecule has 0 unspecified atom stereocenters. The van der Waals surface area contributed by atoms with Crippen LogP contribution >= 0.6 is 23.2 Å². The predicted molar refractivity (Wildman–Crippen MR) is 128 cm³/mol. The Balaban J connectivity index is 1.18. The molecule has 176 valence electrons. The first-order valence-corrected chi connectivity index (χ1v) is 12.3. The molecule has 1 aromatic carbocycles. The molecule has 4 rings (SSSR count). The number of nitrogens with zero attached hydrogens (tertiary/aromatic N) is 3. The summed E-state index contributed by atoms with van der Waals surface area (Å²) in [6.45, 7) is 5.49. The van der Waals surface area contributed by atoms with Gasteiger partial charge in [-0.1, -0.05) is 28.4 Å². The van der Waals surface area contributed by atoms with Crippen LogP contribution in [-0.4, -0.2) is 68.4 Å². The summed E-state index contributed by atoms with van der Waals surface area (Å²) in [7, 11) is 1.63. The van der Waals surface area contributed by atoms with Crippen LogP contribution in [0.15, 0.2) is 16.7 Å². The molecular weight excluding hydrogens is 451 g/mol. The van der Waals surface area contributed by atoms with Crippen molar-refractivity contribution in [2.75, 3.05) is 51.3 Å². The van der Waals surface area contributed by atoms with Crippen LogP contribution in [0.5, 0.6) is 0 Å². The van der Waals surface area contributed by atoms with Crippen molar-refractivity contribution in [1.29, 1.82) is 0 Å². The Kier molecular flexibility index (Phi) is 8.16. The SMILES string of the molecule is COCCC(=O)N[C@H]1CC[C@H](CCN2CCN(c3noc4cc(Cl)c(Cl)cc34)CC2)CC1. The number of benzene rings is 1. The number of aromatic nitrogens is 1. The maximum absolute atomic E-state index is 11.9. The molecule has 7 nitrogen and oxygen atoms in total. The number of anilines is 1. The van der Waals surface area contributed by atoms with Crippen LogP contribution in [0, 0.1) is 5.92 Å². The van der Waals surface area contributed by atoms with Crippen molar-refractivity contribution in [2.24, 2.45) is 5.92 Å². The van der Waals surface area contributed by atoms with E-state index in [0.717, 1.165) is 62.7 Å². The van der Waals surface area contributed by atoms with Gasteiger partial charge in [0.15, 0.2) is 11.4 Å². The topological polar surface area (TPSA) is 70.8 Å². The smallest absolute Gasteiger partial charge is 0.222 e. The number of methoxy groups -OCH3 is 1. The molecule has 1 aliphatic heterocycles. The summed E-state index contributed by atoms with van der Waals surface area (Å²) in [4.78, 5) is 16.7. The standard InChI is InChI=1S/C23H32Cl2N4O3/c1-31-13-7-22(30)26-17-4-2-16(3-5-17)6-8-28-9-11-29(12-10-28)23-18-14-19(24)20(25)15-21(18)32-27-23/h14-17H,2-13H2,1H3,(H,26,30)/t16-,17-. The third kappa shape index (κ3) is 5.87. The second-order valence-corrected chi connectivity index (χ2v) is 9.73. The third-order valence-electron chi connectivity index (χ3n) is 6.76. The van der Waals surface area contributed by atoms with Gasteiger partial charge in [-0.15, -0.1) is 0 Å². The Morgan fingerprint density at radius 3 is 2.59 bits per heavy atom. The van der Waals surface area contributed by atoms with Crippen LogP contribution in [0.3, 0.4) is 0 Å². The lowest BCUT2D eigenvalue weighted by atomic mass is 9.84. The third-order valence-corrected chi connectivity index (χ3v) is 7.49. The molecule has 1 saturated heterocycles. The molecular formula is C23H32Cl2N4O3. The first-order chi connectivity index (χ1) is 15.5. The summed E-state index contributed by atoms with van der Waals surface area (Å²) in [6.07, 6.45) is 6.25. The number of hydrogen-bond acceptors (Lipinski definition) is 6. The molecule has 0 atom stereocenters. The second-order valence-electron chi connectivity index (χ2n) is 8.91. The quantitative estimate of drug-likeness (QED) is 0.602. The molecule has 2 heterocycles. The van der Waals surface area contributed by atoms with Crippen molar-refractivity contribution >= 4 is 45.9 Å². The van der Waals surface area contributed by atoms with Gasteiger partial charge in [0, 0.05) is 51.8 Å².